The molecule has 1 N–H and O–H groups in total. The Kier molecular flexibility index (Phi) is 6.86. The SMILES string of the molecule is CN=C(NCC(c1cccc(F)c1)N1CCOCC1)N1CCC(C)CC1. The number of halogens is 1. The number of nitrogens with zero attached hydrogens (tertiary/aromatic N) is 3. The third-order valence-corrected chi connectivity index (χ3v) is 5.47. The van der Waals surface area contributed by atoms with Gasteiger partial charge in [-0.15, -0.1) is 0 Å². The van der Waals surface area contributed by atoms with Crippen LogP contribution < -0.4 is 5.32 Å². The van der Waals surface area contributed by atoms with Gasteiger partial charge in [0.15, 0.2) is 5.96 Å². The second-order valence-electron chi connectivity index (χ2n) is 7.32. The maximum Gasteiger partial charge on any atom is 0.193 e. The van der Waals surface area contributed by atoms with Gasteiger partial charge in [0.2, 0.25) is 0 Å². The Labute approximate surface area is 156 Å². The number of morpholine rings is 1. The molecule has 1 aromatic rings. The topological polar surface area (TPSA) is 40.1 Å². The van der Waals surface area contributed by atoms with Crippen molar-refractivity contribution in [1.29, 1.82) is 0 Å². The molecule has 1 aromatic carbocycles. The molecule has 26 heavy (non-hydrogen) atoms. The molecule has 1 atom stereocenters. The van der Waals surface area contributed by atoms with Crippen molar-refractivity contribution in [2.75, 3.05) is 53.0 Å². The van der Waals surface area contributed by atoms with E-state index in [-0.39, 0.29) is 11.9 Å². The lowest BCUT2D eigenvalue weighted by Crippen LogP contribution is -2.49. The molecule has 0 spiro atoms. The second kappa shape index (κ2) is 9.33. The molecular weight excluding hydrogens is 331 g/mol. The Morgan fingerprint density at radius 2 is 2.00 bits per heavy atom. The van der Waals surface area contributed by atoms with E-state index in [0.717, 1.165) is 56.8 Å². The summed E-state index contributed by atoms with van der Waals surface area (Å²) in [4.78, 5) is 9.19. The highest BCUT2D eigenvalue weighted by molar-refractivity contribution is 5.80. The molecule has 5 nitrogen and oxygen atoms in total. The maximum atomic E-state index is 13.8. The third-order valence-electron chi connectivity index (χ3n) is 5.47. The first kappa shape index (κ1) is 19.1. The summed E-state index contributed by atoms with van der Waals surface area (Å²) in [5, 5.41) is 3.54. The summed E-state index contributed by atoms with van der Waals surface area (Å²) in [6.07, 6.45) is 2.41. The first-order valence-corrected chi connectivity index (χ1v) is 9.70. The maximum absolute atomic E-state index is 13.8. The molecule has 1 unspecified atom stereocenters. The highest BCUT2D eigenvalue weighted by Gasteiger charge is 2.25. The predicted molar refractivity (Wildman–Crippen MR) is 103 cm³/mol. The third kappa shape index (κ3) is 4.95. The van der Waals surface area contributed by atoms with Gasteiger partial charge in [-0.3, -0.25) is 9.89 Å². The van der Waals surface area contributed by atoms with Gasteiger partial charge >= 0.3 is 0 Å². The van der Waals surface area contributed by atoms with Crippen molar-refractivity contribution in [1.82, 2.24) is 15.1 Å². The number of likely N-dealkylation sites (tertiary alicyclic amines) is 1. The molecule has 2 aliphatic heterocycles. The van der Waals surface area contributed by atoms with Crippen LogP contribution in [0.25, 0.3) is 0 Å². The molecule has 2 saturated heterocycles. The molecule has 6 heteroatoms. The standard InChI is InChI=1S/C20H31FN4O/c1-16-6-8-25(9-7-16)20(22-2)23-15-19(24-10-12-26-13-11-24)17-4-3-5-18(21)14-17/h3-5,14,16,19H,6-13,15H2,1-2H3,(H,22,23). The number of benzene rings is 1. The minimum absolute atomic E-state index is 0.107. The average molecular weight is 362 g/mol. The average Bonchev–Trinajstić information content (AvgIpc) is 2.67. The van der Waals surface area contributed by atoms with Crippen LogP contribution in [0, 0.1) is 11.7 Å². The van der Waals surface area contributed by atoms with Crippen LogP contribution in [0.3, 0.4) is 0 Å². The molecule has 0 radical (unpaired) electrons. The molecule has 3 rings (SSSR count). The van der Waals surface area contributed by atoms with Gasteiger partial charge in [0.1, 0.15) is 5.82 Å². The van der Waals surface area contributed by atoms with Crippen molar-refractivity contribution in [3.8, 4) is 0 Å². The van der Waals surface area contributed by atoms with E-state index in [0.29, 0.717) is 6.54 Å². The lowest BCUT2D eigenvalue weighted by atomic mass is 9.99. The highest BCUT2D eigenvalue weighted by atomic mass is 19.1. The van der Waals surface area contributed by atoms with Crippen molar-refractivity contribution < 1.29 is 9.13 Å². The number of hydrogen-bond acceptors (Lipinski definition) is 3. The minimum Gasteiger partial charge on any atom is -0.379 e. The number of nitrogens with one attached hydrogen (secondary N) is 1. The van der Waals surface area contributed by atoms with E-state index in [1.165, 1.54) is 18.9 Å². The molecular formula is C20H31FN4O. The lowest BCUT2D eigenvalue weighted by molar-refractivity contribution is 0.0168. The fraction of sp³-hybridized carbons (Fsp3) is 0.650. The van der Waals surface area contributed by atoms with Crippen molar-refractivity contribution in [2.45, 2.75) is 25.8 Å². The van der Waals surface area contributed by atoms with Crippen LogP contribution in [0.2, 0.25) is 0 Å². The molecule has 2 fully saturated rings. The van der Waals surface area contributed by atoms with E-state index in [1.807, 2.05) is 13.1 Å². The van der Waals surface area contributed by atoms with Crippen molar-refractivity contribution in [3.05, 3.63) is 35.6 Å². The van der Waals surface area contributed by atoms with Crippen LogP contribution in [0.15, 0.2) is 29.3 Å². The van der Waals surface area contributed by atoms with Crippen LogP contribution in [-0.4, -0.2) is 68.7 Å². The van der Waals surface area contributed by atoms with E-state index in [1.54, 1.807) is 12.1 Å². The zero-order chi connectivity index (χ0) is 18.4. The van der Waals surface area contributed by atoms with Crippen LogP contribution in [-0.2, 0) is 4.74 Å². The molecule has 2 aliphatic rings. The fourth-order valence-electron chi connectivity index (χ4n) is 3.80. The Hall–Kier alpha value is -1.66. The van der Waals surface area contributed by atoms with E-state index >= 15 is 0 Å². The van der Waals surface area contributed by atoms with Crippen LogP contribution >= 0.6 is 0 Å². The van der Waals surface area contributed by atoms with E-state index < -0.39 is 0 Å². The first-order valence-electron chi connectivity index (χ1n) is 9.70. The summed E-state index contributed by atoms with van der Waals surface area (Å²) in [6, 6.07) is 7.05. The number of rotatable bonds is 4. The van der Waals surface area contributed by atoms with E-state index in [2.05, 4.69) is 27.0 Å². The van der Waals surface area contributed by atoms with Crippen LogP contribution in [0.5, 0.6) is 0 Å². The number of ether oxygens (including phenoxy) is 1. The summed E-state index contributed by atoms with van der Waals surface area (Å²) in [6.45, 7) is 8.29. The summed E-state index contributed by atoms with van der Waals surface area (Å²) < 4.78 is 19.3. The Balaban J connectivity index is 1.68. The Bertz CT molecular complexity index is 595. The van der Waals surface area contributed by atoms with Crippen molar-refractivity contribution in [2.24, 2.45) is 10.9 Å². The van der Waals surface area contributed by atoms with Crippen molar-refractivity contribution in [3.63, 3.8) is 0 Å². The Morgan fingerprint density at radius 3 is 2.65 bits per heavy atom. The normalized spacial score (nSPS) is 21.7. The zero-order valence-electron chi connectivity index (χ0n) is 16.0. The summed E-state index contributed by atoms with van der Waals surface area (Å²) in [5.41, 5.74) is 1.00. The molecule has 2 heterocycles. The summed E-state index contributed by atoms with van der Waals surface area (Å²) in [5.74, 6) is 1.56. The molecule has 0 bridgehead atoms. The number of hydrogen-bond donors (Lipinski definition) is 1. The van der Waals surface area contributed by atoms with Crippen molar-refractivity contribution >= 4 is 5.96 Å². The Morgan fingerprint density at radius 1 is 1.27 bits per heavy atom. The molecule has 0 saturated carbocycles. The first-order chi connectivity index (χ1) is 12.7. The van der Waals surface area contributed by atoms with Gasteiger partial charge in [0.05, 0.1) is 19.3 Å². The quantitative estimate of drug-likeness (QED) is 0.660. The van der Waals surface area contributed by atoms with Gasteiger partial charge in [-0.2, -0.15) is 0 Å². The van der Waals surface area contributed by atoms with Crippen LogP contribution in [0.4, 0.5) is 4.39 Å². The smallest absolute Gasteiger partial charge is 0.193 e. The van der Waals surface area contributed by atoms with Gasteiger partial charge < -0.3 is 15.0 Å². The minimum atomic E-state index is -0.185. The van der Waals surface area contributed by atoms with Gasteiger partial charge in [0.25, 0.3) is 0 Å². The van der Waals surface area contributed by atoms with Gasteiger partial charge in [-0.25, -0.2) is 4.39 Å². The highest BCUT2D eigenvalue weighted by Crippen LogP contribution is 2.22. The fourth-order valence-corrected chi connectivity index (χ4v) is 3.80. The largest absolute Gasteiger partial charge is 0.379 e. The molecule has 0 amide bonds. The van der Waals surface area contributed by atoms with Gasteiger partial charge in [0, 0.05) is 39.8 Å². The molecule has 144 valence electrons. The number of piperidine rings is 1. The van der Waals surface area contributed by atoms with E-state index in [4.69, 9.17) is 4.74 Å². The molecule has 0 aliphatic carbocycles. The predicted octanol–water partition coefficient (Wildman–Crippen LogP) is 2.51. The second-order valence-corrected chi connectivity index (χ2v) is 7.32. The number of guanidine groups is 1. The zero-order valence-corrected chi connectivity index (χ0v) is 16.0. The number of aliphatic imine (C=N–C) groups is 1. The van der Waals surface area contributed by atoms with E-state index in [9.17, 15) is 4.39 Å². The summed E-state index contributed by atoms with van der Waals surface area (Å²) in [7, 11) is 1.84. The van der Waals surface area contributed by atoms with Crippen LogP contribution in [0.1, 0.15) is 31.4 Å². The lowest BCUT2D eigenvalue weighted by Gasteiger charge is -2.37. The monoisotopic (exact) mass is 362 g/mol. The van der Waals surface area contributed by atoms with Gasteiger partial charge in [-0.1, -0.05) is 19.1 Å². The van der Waals surface area contributed by atoms with Gasteiger partial charge in [-0.05, 0) is 36.5 Å². The molecule has 0 aromatic heterocycles. The summed E-state index contributed by atoms with van der Waals surface area (Å²) >= 11 is 0.